The van der Waals surface area contributed by atoms with Crippen molar-refractivity contribution in [1.29, 1.82) is 0 Å². The van der Waals surface area contributed by atoms with Crippen LogP contribution in [-0.2, 0) is 0 Å². The third-order valence-electron chi connectivity index (χ3n) is 4.25. The predicted octanol–water partition coefficient (Wildman–Crippen LogP) is 4.53. The van der Waals surface area contributed by atoms with Crippen molar-refractivity contribution in [2.24, 2.45) is 0 Å². The molecule has 0 aliphatic rings. The van der Waals surface area contributed by atoms with Crippen molar-refractivity contribution >= 4 is 21.8 Å². The molecule has 4 aromatic rings. The van der Waals surface area contributed by atoms with E-state index in [0.717, 1.165) is 39.0 Å². The molecule has 5 heteroatoms. The van der Waals surface area contributed by atoms with E-state index in [2.05, 4.69) is 28.8 Å². The molecule has 1 N–H and O–H groups in total. The maximum Gasteiger partial charge on any atom is 0.322 e. The topological polar surface area (TPSA) is 60.0 Å². The zero-order valence-corrected chi connectivity index (χ0v) is 13.8. The van der Waals surface area contributed by atoms with Crippen molar-refractivity contribution in [3.05, 3.63) is 53.9 Å². The van der Waals surface area contributed by atoms with Crippen molar-refractivity contribution in [2.45, 2.75) is 13.8 Å². The average molecular weight is 319 g/mol. The molecule has 0 fully saturated rings. The minimum absolute atomic E-state index is 0.330. The Kier molecular flexibility index (Phi) is 3.34. The first kappa shape index (κ1) is 14.5. The predicted molar refractivity (Wildman–Crippen MR) is 93.9 cm³/mol. The van der Waals surface area contributed by atoms with Crippen LogP contribution in [0.5, 0.6) is 17.5 Å². The van der Waals surface area contributed by atoms with E-state index in [1.165, 1.54) is 5.56 Å². The highest BCUT2D eigenvalue weighted by molar-refractivity contribution is 5.85. The normalized spacial score (nSPS) is 11.1. The molecule has 0 radical (unpaired) electrons. The Morgan fingerprint density at radius 2 is 1.83 bits per heavy atom. The van der Waals surface area contributed by atoms with Gasteiger partial charge in [-0.15, -0.1) is 0 Å². The van der Waals surface area contributed by atoms with Crippen LogP contribution in [0.2, 0.25) is 0 Å². The molecule has 0 saturated carbocycles. The number of aryl methyl sites for hydroxylation is 2. The second-order valence-corrected chi connectivity index (χ2v) is 5.76. The van der Waals surface area contributed by atoms with Gasteiger partial charge in [0, 0.05) is 28.2 Å². The first-order valence-corrected chi connectivity index (χ1v) is 7.71. The van der Waals surface area contributed by atoms with Crippen molar-refractivity contribution in [3.63, 3.8) is 0 Å². The number of ether oxygens (including phenoxy) is 2. The number of aromatic amines is 1. The Hall–Kier alpha value is -3.08. The fraction of sp³-hybridized carbons (Fsp3) is 0.158. The van der Waals surface area contributed by atoms with Gasteiger partial charge in [0.25, 0.3) is 0 Å². The van der Waals surface area contributed by atoms with E-state index in [4.69, 9.17) is 9.47 Å². The Bertz CT molecular complexity index is 1050. The van der Waals surface area contributed by atoms with Gasteiger partial charge in [-0.3, -0.25) is 0 Å². The first-order chi connectivity index (χ1) is 11.6. The quantitative estimate of drug-likeness (QED) is 0.603. The molecule has 0 aliphatic carbocycles. The molecule has 4 rings (SSSR count). The molecule has 5 nitrogen and oxygen atoms in total. The Balaban J connectivity index is 1.69. The summed E-state index contributed by atoms with van der Waals surface area (Å²) in [6.45, 7) is 4.16. The molecule has 0 atom stereocenters. The van der Waals surface area contributed by atoms with Crippen molar-refractivity contribution in [3.8, 4) is 17.5 Å². The SMILES string of the molecule is COc1ccc2nc(Oc3ccc4[nH]c(C)c(C)c4c3)ncc2c1. The molecular formula is C19H17N3O2. The summed E-state index contributed by atoms with van der Waals surface area (Å²) in [5.74, 6) is 1.50. The van der Waals surface area contributed by atoms with Gasteiger partial charge < -0.3 is 14.5 Å². The lowest BCUT2D eigenvalue weighted by atomic mass is 10.1. The lowest BCUT2D eigenvalue weighted by Crippen LogP contribution is -1.93. The summed E-state index contributed by atoms with van der Waals surface area (Å²) < 4.78 is 11.1. The molecule has 0 spiro atoms. The number of rotatable bonds is 3. The van der Waals surface area contributed by atoms with E-state index in [-0.39, 0.29) is 0 Å². The zero-order valence-electron chi connectivity index (χ0n) is 13.8. The Morgan fingerprint density at radius 3 is 2.67 bits per heavy atom. The van der Waals surface area contributed by atoms with Crippen molar-refractivity contribution in [1.82, 2.24) is 15.0 Å². The fourth-order valence-electron chi connectivity index (χ4n) is 2.78. The van der Waals surface area contributed by atoms with Crippen LogP contribution in [0.1, 0.15) is 11.3 Å². The fourth-order valence-corrected chi connectivity index (χ4v) is 2.78. The van der Waals surface area contributed by atoms with Crippen molar-refractivity contribution in [2.75, 3.05) is 7.11 Å². The van der Waals surface area contributed by atoms with Gasteiger partial charge in [0.05, 0.1) is 12.6 Å². The number of H-pyrrole nitrogens is 1. The average Bonchev–Trinajstić information content (AvgIpc) is 2.89. The number of fused-ring (bicyclic) bond motifs is 2. The largest absolute Gasteiger partial charge is 0.497 e. The Labute approximate surface area is 139 Å². The van der Waals surface area contributed by atoms with Gasteiger partial charge in [-0.2, -0.15) is 4.98 Å². The van der Waals surface area contributed by atoms with Crippen LogP contribution in [0, 0.1) is 13.8 Å². The Morgan fingerprint density at radius 1 is 1.00 bits per heavy atom. The van der Waals surface area contributed by atoms with Crippen LogP contribution in [0.3, 0.4) is 0 Å². The minimum atomic E-state index is 0.330. The third kappa shape index (κ3) is 2.44. The number of methoxy groups -OCH3 is 1. The molecule has 2 aromatic carbocycles. The molecule has 0 aliphatic heterocycles. The summed E-state index contributed by atoms with van der Waals surface area (Å²) in [7, 11) is 1.64. The van der Waals surface area contributed by atoms with Crippen LogP contribution in [0.25, 0.3) is 21.8 Å². The van der Waals surface area contributed by atoms with Crippen LogP contribution < -0.4 is 9.47 Å². The molecule has 24 heavy (non-hydrogen) atoms. The summed E-state index contributed by atoms with van der Waals surface area (Å²) in [5, 5.41) is 2.06. The highest BCUT2D eigenvalue weighted by atomic mass is 16.5. The van der Waals surface area contributed by atoms with E-state index >= 15 is 0 Å². The smallest absolute Gasteiger partial charge is 0.322 e. The maximum atomic E-state index is 5.85. The molecule has 120 valence electrons. The monoisotopic (exact) mass is 319 g/mol. The van der Waals surface area contributed by atoms with Crippen molar-refractivity contribution < 1.29 is 9.47 Å². The van der Waals surface area contributed by atoms with Gasteiger partial charge in [-0.1, -0.05) is 0 Å². The first-order valence-electron chi connectivity index (χ1n) is 7.71. The number of benzene rings is 2. The van der Waals surface area contributed by atoms with Crippen LogP contribution in [0.4, 0.5) is 0 Å². The summed E-state index contributed by atoms with van der Waals surface area (Å²) >= 11 is 0. The van der Waals surface area contributed by atoms with Gasteiger partial charge in [0.1, 0.15) is 11.5 Å². The highest BCUT2D eigenvalue weighted by Gasteiger charge is 2.08. The minimum Gasteiger partial charge on any atom is -0.497 e. The highest BCUT2D eigenvalue weighted by Crippen LogP contribution is 2.28. The van der Waals surface area contributed by atoms with E-state index < -0.39 is 0 Å². The summed E-state index contributed by atoms with van der Waals surface area (Å²) in [6.07, 6.45) is 1.74. The van der Waals surface area contributed by atoms with E-state index in [1.54, 1.807) is 13.3 Å². The summed E-state index contributed by atoms with van der Waals surface area (Å²) in [4.78, 5) is 12.1. The zero-order chi connectivity index (χ0) is 16.7. The standard InChI is InChI=1S/C19H17N3O2/c1-11-12(2)21-18-7-5-15(9-16(11)18)24-19-20-10-13-8-14(23-3)4-6-17(13)22-19/h4-10,21H,1-3H3. The third-order valence-corrected chi connectivity index (χ3v) is 4.25. The number of aromatic nitrogens is 3. The molecule has 0 unspecified atom stereocenters. The summed E-state index contributed by atoms with van der Waals surface area (Å²) in [5.41, 5.74) is 4.31. The number of hydrogen-bond acceptors (Lipinski definition) is 4. The second kappa shape index (κ2) is 5.53. The second-order valence-electron chi connectivity index (χ2n) is 5.76. The van der Waals surface area contributed by atoms with Gasteiger partial charge in [-0.25, -0.2) is 4.98 Å². The van der Waals surface area contributed by atoms with Crippen LogP contribution in [-0.4, -0.2) is 22.1 Å². The summed E-state index contributed by atoms with van der Waals surface area (Å²) in [6, 6.07) is 11.9. The van der Waals surface area contributed by atoms with Crippen LogP contribution >= 0.6 is 0 Å². The molecule has 0 saturated heterocycles. The maximum absolute atomic E-state index is 5.85. The molecule has 0 bridgehead atoms. The molecular weight excluding hydrogens is 302 g/mol. The number of hydrogen-bond donors (Lipinski definition) is 1. The van der Waals surface area contributed by atoms with Gasteiger partial charge in [0.15, 0.2) is 0 Å². The molecule has 0 amide bonds. The van der Waals surface area contributed by atoms with Crippen LogP contribution in [0.15, 0.2) is 42.6 Å². The molecule has 2 heterocycles. The van der Waals surface area contributed by atoms with E-state index in [9.17, 15) is 0 Å². The van der Waals surface area contributed by atoms with Gasteiger partial charge >= 0.3 is 6.01 Å². The van der Waals surface area contributed by atoms with E-state index in [0.29, 0.717) is 6.01 Å². The lowest BCUT2D eigenvalue weighted by molar-refractivity contribution is 0.415. The van der Waals surface area contributed by atoms with Gasteiger partial charge in [0.2, 0.25) is 0 Å². The van der Waals surface area contributed by atoms with Gasteiger partial charge in [-0.05, 0) is 55.8 Å². The lowest BCUT2D eigenvalue weighted by Gasteiger charge is -2.06. The molecule has 2 aromatic heterocycles. The number of nitrogens with zero attached hydrogens (tertiary/aromatic N) is 2. The number of nitrogens with one attached hydrogen (secondary N) is 1. The van der Waals surface area contributed by atoms with E-state index in [1.807, 2.05) is 36.4 Å².